The number of hydrogen-bond acceptors (Lipinski definition) is 5. The first-order chi connectivity index (χ1) is 9.08. The zero-order valence-electron chi connectivity index (χ0n) is 10.5. The number of nitrogens with zero attached hydrogens (tertiary/aromatic N) is 2. The van der Waals surface area contributed by atoms with Gasteiger partial charge in [0.2, 0.25) is 11.7 Å². The minimum Gasteiger partial charge on any atom is -0.379 e. The monoisotopic (exact) mass is 323 g/mol. The molecule has 1 aliphatic rings. The van der Waals surface area contributed by atoms with E-state index in [1.807, 2.05) is 25.1 Å². The highest BCUT2D eigenvalue weighted by Crippen LogP contribution is 2.29. The maximum Gasteiger partial charge on any atom is 0.249 e. The van der Waals surface area contributed by atoms with E-state index in [2.05, 4.69) is 26.1 Å². The topological polar surface area (TPSA) is 74.2 Å². The van der Waals surface area contributed by atoms with E-state index >= 15 is 0 Å². The summed E-state index contributed by atoms with van der Waals surface area (Å²) >= 11 is 3.44. The lowest BCUT2D eigenvalue weighted by molar-refractivity contribution is 0.166. The van der Waals surface area contributed by atoms with Crippen molar-refractivity contribution in [2.45, 2.75) is 18.9 Å². The molecule has 2 N–H and O–H groups in total. The second-order valence-electron chi connectivity index (χ2n) is 4.84. The standard InChI is InChI=1S/C13H14BrN3O2/c1-8-6-9(14)2-3-10(8)11-16-12(19-17-11)13(15)4-5-18-7-13/h2-3,6H,4-5,7,15H2,1H3. The summed E-state index contributed by atoms with van der Waals surface area (Å²) in [6, 6.07) is 5.93. The zero-order chi connectivity index (χ0) is 13.5. The molecule has 0 amide bonds. The lowest BCUT2D eigenvalue weighted by atomic mass is 10.0. The molecule has 1 aliphatic heterocycles. The number of nitrogens with two attached hydrogens (primary N) is 1. The molecule has 0 aliphatic carbocycles. The van der Waals surface area contributed by atoms with Gasteiger partial charge in [0, 0.05) is 16.6 Å². The van der Waals surface area contributed by atoms with Crippen LogP contribution in [0.3, 0.4) is 0 Å². The molecule has 2 aromatic rings. The Labute approximate surface area is 119 Å². The van der Waals surface area contributed by atoms with E-state index in [-0.39, 0.29) is 0 Å². The Morgan fingerprint density at radius 3 is 2.95 bits per heavy atom. The van der Waals surface area contributed by atoms with Crippen molar-refractivity contribution in [3.63, 3.8) is 0 Å². The molecular formula is C13H14BrN3O2. The van der Waals surface area contributed by atoms with Crippen molar-refractivity contribution < 1.29 is 9.26 Å². The second kappa shape index (κ2) is 4.70. The molecule has 5 nitrogen and oxygen atoms in total. The maximum atomic E-state index is 6.21. The Hall–Kier alpha value is -1.24. The quantitative estimate of drug-likeness (QED) is 0.918. The van der Waals surface area contributed by atoms with Crippen molar-refractivity contribution in [2.24, 2.45) is 5.73 Å². The van der Waals surface area contributed by atoms with E-state index in [0.29, 0.717) is 31.3 Å². The molecule has 0 bridgehead atoms. The van der Waals surface area contributed by atoms with Crippen molar-refractivity contribution >= 4 is 15.9 Å². The van der Waals surface area contributed by atoms with Gasteiger partial charge in [-0.15, -0.1) is 0 Å². The minimum atomic E-state index is -0.644. The first-order valence-corrected chi connectivity index (χ1v) is 6.85. The Kier molecular flexibility index (Phi) is 3.16. The summed E-state index contributed by atoms with van der Waals surface area (Å²) in [7, 11) is 0. The Balaban J connectivity index is 1.97. The highest BCUT2D eigenvalue weighted by Gasteiger charge is 2.38. The molecule has 1 atom stereocenters. The molecule has 3 rings (SSSR count). The van der Waals surface area contributed by atoms with Crippen molar-refractivity contribution in [3.8, 4) is 11.4 Å². The molecule has 1 unspecified atom stereocenters. The predicted octanol–water partition coefficient (Wildman–Crippen LogP) is 2.38. The van der Waals surface area contributed by atoms with Crippen LogP contribution in [0.25, 0.3) is 11.4 Å². The SMILES string of the molecule is Cc1cc(Br)ccc1-c1noc(C2(N)CCOC2)n1. The third kappa shape index (κ3) is 2.31. The van der Waals surface area contributed by atoms with Gasteiger partial charge < -0.3 is 15.0 Å². The van der Waals surface area contributed by atoms with Crippen molar-refractivity contribution in [1.29, 1.82) is 0 Å². The summed E-state index contributed by atoms with van der Waals surface area (Å²) in [5.74, 6) is 1.01. The fourth-order valence-electron chi connectivity index (χ4n) is 2.16. The highest BCUT2D eigenvalue weighted by molar-refractivity contribution is 9.10. The van der Waals surface area contributed by atoms with Gasteiger partial charge in [-0.2, -0.15) is 4.98 Å². The molecular weight excluding hydrogens is 310 g/mol. The lowest BCUT2D eigenvalue weighted by Crippen LogP contribution is -2.37. The van der Waals surface area contributed by atoms with Crippen LogP contribution in [0.4, 0.5) is 0 Å². The van der Waals surface area contributed by atoms with Crippen LogP contribution in [0.2, 0.25) is 0 Å². The number of hydrogen-bond donors (Lipinski definition) is 1. The number of halogens is 1. The summed E-state index contributed by atoms with van der Waals surface area (Å²) in [6.07, 6.45) is 0.702. The zero-order valence-corrected chi connectivity index (χ0v) is 12.1. The van der Waals surface area contributed by atoms with E-state index in [1.165, 1.54) is 0 Å². The van der Waals surface area contributed by atoms with Gasteiger partial charge in [0.25, 0.3) is 0 Å². The van der Waals surface area contributed by atoms with Crippen LogP contribution in [0.5, 0.6) is 0 Å². The predicted molar refractivity (Wildman–Crippen MR) is 73.5 cm³/mol. The average Bonchev–Trinajstić information content (AvgIpc) is 2.99. The van der Waals surface area contributed by atoms with Gasteiger partial charge in [-0.1, -0.05) is 21.1 Å². The fourth-order valence-corrected chi connectivity index (χ4v) is 2.64. The van der Waals surface area contributed by atoms with E-state index in [4.69, 9.17) is 15.0 Å². The first kappa shape index (κ1) is 12.8. The maximum absolute atomic E-state index is 6.21. The summed E-state index contributed by atoms with van der Waals surface area (Å²) < 4.78 is 11.6. The molecule has 100 valence electrons. The average molecular weight is 324 g/mol. The summed E-state index contributed by atoms with van der Waals surface area (Å²) in [6.45, 7) is 3.06. The Morgan fingerprint density at radius 2 is 2.26 bits per heavy atom. The highest BCUT2D eigenvalue weighted by atomic mass is 79.9. The van der Waals surface area contributed by atoms with E-state index in [9.17, 15) is 0 Å². The fraction of sp³-hybridized carbons (Fsp3) is 0.385. The van der Waals surface area contributed by atoms with Crippen LogP contribution in [0.15, 0.2) is 27.2 Å². The van der Waals surface area contributed by atoms with Gasteiger partial charge in [-0.3, -0.25) is 0 Å². The molecule has 19 heavy (non-hydrogen) atoms. The first-order valence-electron chi connectivity index (χ1n) is 6.06. The Bertz CT molecular complexity index is 606. The van der Waals surface area contributed by atoms with Crippen LogP contribution >= 0.6 is 15.9 Å². The van der Waals surface area contributed by atoms with Crippen molar-refractivity contribution in [2.75, 3.05) is 13.2 Å². The molecule has 1 aromatic heterocycles. The molecule has 1 saturated heterocycles. The smallest absolute Gasteiger partial charge is 0.249 e. The summed E-state index contributed by atoms with van der Waals surface area (Å²) in [4.78, 5) is 4.43. The van der Waals surface area contributed by atoms with Gasteiger partial charge in [-0.25, -0.2) is 0 Å². The van der Waals surface area contributed by atoms with Gasteiger partial charge in [0.1, 0.15) is 5.54 Å². The van der Waals surface area contributed by atoms with Crippen LogP contribution in [0, 0.1) is 6.92 Å². The number of aromatic nitrogens is 2. The minimum absolute atomic E-state index is 0.425. The molecule has 2 heterocycles. The summed E-state index contributed by atoms with van der Waals surface area (Å²) in [5, 5.41) is 4.03. The van der Waals surface area contributed by atoms with Gasteiger partial charge >= 0.3 is 0 Å². The number of ether oxygens (including phenoxy) is 1. The van der Waals surface area contributed by atoms with Crippen molar-refractivity contribution in [3.05, 3.63) is 34.1 Å². The molecule has 0 radical (unpaired) electrons. The van der Waals surface area contributed by atoms with Crippen LogP contribution in [-0.4, -0.2) is 23.4 Å². The number of rotatable bonds is 2. The molecule has 6 heteroatoms. The Morgan fingerprint density at radius 1 is 1.42 bits per heavy atom. The van der Waals surface area contributed by atoms with Crippen LogP contribution in [0.1, 0.15) is 17.9 Å². The molecule has 0 saturated carbocycles. The summed E-state index contributed by atoms with van der Waals surface area (Å²) in [5.41, 5.74) is 7.59. The third-order valence-corrected chi connectivity index (χ3v) is 3.83. The third-order valence-electron chi connectivity index (χ3n) is 3.33. The van der Waals surface area contributed by atoms with E-state index < -0.39 is 5.54 Å². The lowest BCUT2D eigenvalue weighted by Gasteiger charge is -2.15. The molecule has 1 aromatic carbocycles. The van der Waals surface area contributed by atoms with Gasteiger partial charge in [0.05, 0.1) is 6.61 Å². The number of benzene rings is 1. The van der Waals surface area contributed by atoms with Crippen molar-refractivity contribution in [1.82, 2.24) is 10.1 Å². The van der Waals surface area contributed by atoms with Crippen LogP contribution in [-0.2, 0) is 10.3 Å². The van der Waals surface area contributed by atoms with E-state index in [1.54, 1.807) is 0 Å². The van der Waals surface area contributed by atoms with Gasteiger partial charge in [-0.05, 0) is 37.1 Å². The molecule has 0 spiro atoms. The normalized spacial score (nSPS) is 22.9. The number of aryl methyl sites for hydroxylation is 1. The van der Waals surface area contributed by atoms with Crippen LogP contribution < -0.4 is 5.73 Å². The largest absolute Gasteiger partial charge is 0.379 e. The van der Waals surface area contributed by atoms with Gasteiger partial charge in [0.15, 0.2) is 0 Å². The molecule has 1 fully saturated rings. The van der Waals surface area contributed by atoms with E-state index in [0.717, 1.165) is 15.6 Å². The second-order valence-corrected chi connectivity index (χ2v) is 5.76.